The van der Waals surface area contributed by atoms with Crippen LogP contribution in [-0.2, 0) is 16.1 Å². The molecule has 0 bridgehead atoms. The number of aliphatic carboxylic acids is 1. The Morgan fingerprint density at radius 2 is 2.32 bits per heavy atom. The van der Waals surface area contributed by atoms with Crippen molar-refractivity contribution in [2.75, 3.05) is 32.2 Å². The summed E-state index contributed by atoms with van der Waals surface area (Å²) in [4.78, 5) is 24.3. The van der Waals surface area contributed by atoms with Gasteiger partial charge in [0.15, 0.2) is 0 Å². The molecule has 1 heterocycles. The maximum Gasteiger partial charge on any atom is 0.332 e. The Hall–Kier alpha value is -2.15. The fourth-order valence-corrected chi connectivity index (χ4v) is 1.36. The van der Waals surface area contributed by atoms with Crippen LogP contribution in [0.1, 0.15) is 0 Å². The number of likely N-dealkylation sites (N-methyl/N-ethyl adjacent to an activating group) is 1. The zero-order chi connectivity index (χ0) is 14.4. The second kappa shape index (κ2) is 6.69. The molecule has 0 spiro atoms. The summed E-state index contributed by atoms with van der Waals surface area (Å²) < 4.78 is 6.00. The average molecular weight is 267 g/mol. The van der Waals surface area contributed by atoms with Crippen LogP contribution in [0.2, 0.25) is 0 Å². The molecule has 1 aromatic heterocycles. The van der Waals surface area contributed by atoms with E-state index in [1.807, 2.05) is 11.9 Å². The van der Waals surface area contributed by atoms with E-state index in [1.165, 1.54) is 12.3 Å². The van der Waals surface area contributed by atoms with Crippen LogP contribution in [-0.4, -0.2) is 48.2 Å². The van der Waals surface area contributed by atoms with Gasteiger partial charge in [0.1, 0.15) is 0 Å². The van der Waals surface area contributed by atoms with Gasteiger partial charge < -0.3 is 14.7 Å². The van der Waals surface area contributed by atoms with Crippen molar-refractivity contribution in [1.29, 1.82) is 0 Å². The number of rotatable bonds is 7. The van der Waals surface area contributed by atoms with Gasteiger partial charge >= 0.3 is 5.97 Å². The van der Waals surface area contributed by atoms with E-state index in [9.17, 15) is 9.59 Å². The standard InChI is InChI=1S/C12H17N3O4/c1-9(12(17)18)8-15-11(16)6-10(7-13-15)14(2)4-5-19-3/h6-7H,1,4-5,8H2,2-3H3,(H,17,18). The third kappa shape index (κ3) is 4.22. The maximum absolute atomic E-state index is 11.8. The van der Waals surface area contributed by atoms with Gasteiger partial charge in [0.25, 0.3) is 5.56 Å². The van der Waals surface area contributed by atoms with Crippen LogP contribution in [0.3, 0.4) is 0 Å². The Labute approximate surface area is 110 Å². The van der Waals surface area contributed by atoms with Crippen LogP contribution in [0, 0.1) is 0 Å². The molecule has 0 aliphatic carbocycles. The van der Waals surface area contributed by atoms with Gasteiger partial charge in [-0.05, 0) is 0 Å². The highest BCUT2D eigenvalue weighted by molar-refractivity contribution is 5.85. The molecule has 1 N–H and O–H groups in total. The Kier molecular flexibility index (Phi) is 5.25. The van der Waals surface area contributed by atoms with E-state index in [2.05, 4.69) is 11.7 Å². The second-order valence-corrected chi connectivity index (χ2v) is 4.03. The molecule has 0 unspecified atom stereocenters. The fraction of sp³-hybridized carbons (Fsp3) is 0.417. The molecule has 0 aromatic carbocycles. The predicted molar refractivity (Wildman–Crippen MR) is 70.4 cm³/mol. The number of ether oxygens (including phenoxy) is 1. The van der Waals surface area contributed by atoms with Crippen molar-refractivity contribution < 1.29 is 14.6 Å². The molecule has 0 aliphatic rings. The number of hydrogen-bond acceptors (Lipinski definition) is 5. The third-order valence-corrected chi connectivity index (χ3v) is 2.57. The molecule has 0 saturated carbocycles. The fourth-order valence-electron chi connectivity index (χ4n) is 1.36. The molecule has 104 valence electrons. The van der Waals surface area contributed by atoms with Gasteiger partial charge in [-0.2, -0.15) is 5.10 Å². The van der Waals surface area contributed by atoms with Crippen molar-refractivity contribution in [3.05, 3.63) is 34.8 Å². The molecular weight excluding hydrogens is 250 g/mol. The van der Waals surface area contributed by atoms with E-state index in [4.69, 9.17) is 9.84 Å². The summed E-state index contributed by atoms with van der Waals surface area (Å²) in [5.74, 6) is -1.14. The first kappa shape index (κ1) is 14.9. The topological polar surface area (TPSA) is 84.7 Å². The molecule has 0 aliphatic heterocycles. The van der Waals surface area contributed by atoms with Crippen LogP contribution in [0.25, 0.3) is 0 Å². The first-order valence-corrected chi connectivity index (χ1v) is 5.64. The average Bonchev–Trinajstić information content (AvgIpc) is 2.37. The number of carboxylic acids is 1. The van der Waals surface area contributed by atoms with Gasteiger partial charge in [-0.3, -0.25) is 4.79 Å². The van der Waals surface area contributed by atoms with E-state index in [-0.39, 0.29) is 17.7 Å². The number of carbonyl (C=O) groups is 1. The normalized spacial score (nSPS) is 10.2. The van der Waals surface area contributed by atoms with Crippen molar-refractivity contribution in [2.24, 2.45) is 0 Å². The minimum atomic E-state index is -1.14. The summed E-state index contributed by atoms with van der Waals surface area (Å²) in [5, 5.41) is 12.6. The zero-order valence-electron chi connectivity index (χ0n) is 11.0. The number of hydrogen-bond donors (Lipinski definition) is 1. The molecule has 19 heavy (non-hydrogen) atoms. The van der Waals surface area contributed by atoms with Gasteiger partial charge in [-0.1, -0.05) is 6.58 Å². The highest BCUT2D eigenvalue weighted by Gasteiger charge is 2.09. The molecule has 0 amide bonds. The van der Waals surface area contributed by atoms with Crippen molar-refractivity contribution in [1.82, 2.24) is 9.78 Å². The van der Waals surface area contributed by atoms with Gasteiger partial charge in [-0.25, -0.2) is 9.48 Å². The smallest absolute Gasteiger partial charge is 0.332 e. The predicted octanol–water partition coefficient (Wildman–Crippen LogP) is -0.0333. The van der Waals surface area contributed by atoms with E-state index in [0.717, 1.165) is 4.68 Å². The molecule has 1 aromatic rings. The molecule has 0 fully saturated rings. The lowest BCUT2D eigenvalue weighted by Crippen LogP contribution is -2.28. The summed E-state index contributed by atoms with van der Waals surface area (Å²) in [6.07, 6.45) is 1.51. The molecular formula is C12H17N3O4. The summed E-state index contributed by atoms with van der Waals surface area (Å²) in [6, 6.07) is 1.40. The molecule has 0 saturated heterocycles. The Balaban J connectivity index is 2.83. The minimum Gasteiger partial charge on any atom is -0.478 e. The summed E-state index contributed by atoms with van der Waals surface area (Å²) >= 11 is 0. The molecule has 0 atom stereocenters. The van der Waals surface area contributed by atoms with Gasteiger partial charge in [0, 0.05) is 26.8 Å². The van der Waals surface area contributed by atoms with Crippen molar-refractivity contribution in [3.63, 3.8) is 0 Å². The van der Waals surface area contributed by atoms with Crippen LogP contribution in [0.15, 0.2) is 29.2 Å². The van der Waals surface area contributed by atoms with E-state index < -0.39 is 5.97 Å². The van der Waals surface area contributed by atoms with E-state index in [0.29, 0.717) is 18.8 Å². The highest BCUT2D eigenvalue weighted by Crippen LogP contribution is 2.06. The lowest BCUT2D eigenvalue weighted by atomic mass is 10.3. The number of nitrogens with zero attached hydrogens (tertiary/aromatic N) is 3. The molecule has 1 rings (SSSR count). The number of aromatic nitrogens is 2. The SMILES string of the molecule is C=C(Cn1ncc(N(C)CCOC)cc1=O)C(=O)O. The van der Waals surface area contributed by atoms with E-state index >= 15 is 0 Å². The lowest BCUT2D eigenvalue weighted by Gasteiger charge is -2.18. The van der Waals surface area contributed by atoms with Crippen molar-refractivity contribution >= 4 is 11.7 Å². The first-order valence-electron chi connectivity index (χ1n) is 5.64. The van der Waals surface area contributed by atoms with Gasteiger partial charge in [0.05, 0.1) is 30.6 Å². The molecule has 7 heteroatoms. The molecule has 0 radical (unpaired) electrons. The summed E-state index contributed by atoms with van der Waals surface area (Å²) in [7, 11) is 3.41. The maximum atomic E-state index is 11.8. The first-order chi connectivity index (χ1) is 8.95. The van der Waals surface area contributed by atoms with Crippen LogP contribution in [0.5, 0.6) is 0 Å². The van der Waals surface area contributed by atoms with Crippen LogP contribution in [0.4, 0.5) is 5.69 Å². The number of methoxy groups -OCH3 is 1. The quantitative estimate of drug-likeness (QED) is 0.698. The van der Waals surface area contributed by atoms with Gasteiger partial charge in [-0.15, -0.1) is 0 Å². The Bertz CT molecular complexity index is 524. The van der Waals surface area contributed by atoms with Crippen LogP contribution < -0.4 is 10.5 Å². The largest absolute Gasteiger partial charge is 0.478 e. The second-order valence-electron chi connectivity index (χ2n) is 4.03. The van der Waals surface area contributed by atoms with Crippen molar-refractivity contribution in [2.45, 2.75) is 6.54 Å². The van der Waals surface area contributed by atoms with Crippen molar-refractivity contribution in [3.8, 4) is 0 Å². The van der Waals surface area contributed by atoms with E-state index in [1.54, 1.807) is 7.11 Å². The third-order valence-electron chi connectivity index (χ3n) is 2.57. The molecule has 7 nitrogen and oxygen atoms in total. The Morgan fingerprint density at radius 1 is 1.63 bits per heavy atom. The number of anilines is 1. The summed E-state index contributed by atoms with van der Waals surface area (Å²) in [5.41, 5.74) is 0.193. The monoisotopic (exact) mass is 267 g/mol. The van der Waals surface area contributed by atoms with Gasteiger partial charge in [0.2, 0.25) is 0 Å². The highest BCUT2D eigenvalue weighted by atomic mass is 16.5. The zero-order valence-corrected chi connectivity index (χ0v) is 11.0. The number of carboxylic acid groups (broad SMARTS) is 1. The van der Waals surface area contributed by atoms with Crippen LogP contribution >= 0.6 is 0 Å². The minimum absolute atomic E-state index is 0.0879. The summed E-state index contributed by atoms with van der Waals surface area (Å²) in [6.45, 7) is 4.40. The lowest BCUT2D eigenvalue weighted by molar-refractivity contribution is -0.132. The Morgan fingerprint density at radius 3 is 2.84 bits per heavy atom.